The van der Waals surface area contributed by atoms with Crippen molar-refractivity contribution < 1.29 is 32.2 Å². The van der Waals surface area contributed by atoms with E-state index >= 15 is 0 Å². The van der Waals surface area contributed by atoms with E-state index in [2.05, 4.69) is 4.74 Å². The average Bonchev–Trinajstić information content (AvgIpc) is 2.84. The summed E-state index contributed by atoms with van der Waals surface area (Å²) < 4.78 is 47.0. The molecular formula is C12H16F3NO4. The summed E-state index contributed by atoms with van der Waals surface area (Å²) in [6.45, 7) is -0.246. The standard InChI is InChI=1S/C12H16F3NO4/c1-8(16(5-6-17)7-12(13,14)15)9-3-4-10(20-9)11(18)19-2/h3-4,8,17H,5-7H2,1-2H3. The third kappa shape index (κ3) is 4.53. The fourth-order valence-electron chi connectivity index (χ4n) is 1.74. The van der Waals surface area contributed by atoms with Gasteiger partial charge in [0.1, 0.15) is 5.76 Å². The molecule has 20 heavy (non-hydrogen) atoms. The number of furan rings is 1. The molecule has 0 saturated heterocycles. The maximum atomic E-state index is 12.5. The van der Waals surface area contributed by atoms with E-state index in [9.17, 15) is 18.0 Å². The van der Waals surface area contributed by atoms with Gasteiger partial charge in [-0.15, -0.1) is 0 Å². The van der Waals surface area contributed by atoms with Gasteiger partial charge in [-0.2, -0.15) is 13.2 Å². The van der Waals surface area contributed by atoms with Gasteiger partial charge in [0.05, 0.1) is 26.3 Å². The van der Waals surface area contributed by atoms with E-state index in [0.717, 1.165) is 4.90 Å². The molecule has 1 unspecified atom stereocenters. The van der Waals surface area contributed by atoms with Crippen molar-refractivity contribution in [3.63, 3.8) is 0 Å². The first-order chi connectivity index (χ1) is 9.28. The van der Waals surface area contributed by atoms with Crippen molar-refractivity contribution in [1.82, 2.24) is 4.90 Å². The van der Waals surface area contributed by atoms with Crippen LogP contribution in [0.2, 0.25) is 0 Å². The summed E-state index contributed by atoms with van der Waals surface area (Å²) in [6.07, 6.45) is -4.39. The quantitative estimate of drug-likeness (QED) is 0.813. The molecule has 0 bridgehead atoms. The molecule has 1 N–H and O–H groups in total. The van der Waals surface area contributed by atoms with Crippen LogP contribution in [0, 0.1) is 0 Å². The molecule has 1 aromatic heterocycles. The summed E-state index contributed by atoms with van der Waals surface area (Å²) in [5, 5.41) is 8.85. The summed E-state index contributed by atoms with van der Waals surface area (Å²) in [6, 6.07) is 2.02. The van der Waals surface area contributed by atoms with E-state index in [0.29, 0.717) is 0 Å². The molecular weight excluding hydrogens is 279 g/mol. The largest absolute Gasteiger partial charge is 0.463 e. The lowest BCUT2D eigenvalue weighted by molar-refractivity contribution is -0.152. The van der Waals surface area contributed by atoms with E-state index in [-0.39, 0.29) is 18.1 Å². The molecule has 1 rings (SSSR count). The lowest BCUT2D eigenvalue weighted by atomic mass is 10.2. The summed E-state index contributed by atoms with van der Waals surface area (Å²) in [5.41, 5.74) is 0. The predicted molar refractivity (Wildman–Crippen MR) is 63.2 cm³/mol. The van der Waals surface area contributed by atoms with Crippen molar-refractivity contribution in [3.05, 3.63) is 23.7 Å². The van der Waals surface area contributed by atoms with Gasteiger partial charge in [-0.05, 0) is 19.1 Å². The first-order valence-electron chi connectivity index (χ1n) is 5.88. The highest BCUT2D eigenvalue weighted by molar-refractivity contribution is 5.86. The Morgan fingerprint density at radius 2 is 2.15 bits per heavy atom. The minimum Gasteiger partial charge on any atom is -0.463 e. The molecule has 0 radical (unpaired) electrons. The summed E-state index contributed by atoms with van der Waals surface area (Å²) in [4.78, 5) is 12.2. The normalized spacial score (nSPS) is 13.6. The molecule has 0 aliphatic heterocycles. The maximum Gasteiger partial charge on any atom is 0.401 e. The first kappa shape index (κ1) is 16.5. The zero-order valence-electron chi connectivity index (χ0n) is 11.1. The van der Waals surface area contributed by atoms with Gasteiger partial charge in [0.25, 0.3) is 0 Å². The molecule has 1 heterocycles. The highest BCUT2D eigenvalue weighted by Gasteiger charge is 2.33. The Kier molecular flexibility index (Phi) is 5.58. The fraction of sp³-hybridized carbons (Fsp3) is 0.583. The van der Waals surface area contributed by atoms with Gasteiger partial charge >= 0.3 is 12.1 Å². The predicted octanol–water partition coefficient (Wildman–Crippen LogP) is 1.98. The van der Waals surface area contributed by atoms with Crippen molar-refractivity contribution in [3.8, 4) is 0 Å². The molecule has 1 atom stereocenters. The van der Waals surface area contributed by atoms with Gasteiger partial charge in [0.15, 0.2) is 0 Å². The number of carbonyl (C=O) groups is 1. The van der Waals surface area contributed by atoms with Gasteiger partial charge < -0.3 is 14.3 Å². The minimum absolute atomic E-state index is 0.0784. The van der Waals surface area contributed by atoms with Gasteiger partial charge in [0, 0.05) is 6.54 Å². The first-order valence-corrected chi connectivity index (χ1v) is 5.88. The Morgan fingerprint density at radius 1 is 1.50 bits per heavy atom. The van der Waals surface area contributed by atoms with E-state index in [1.807, 2.05) is 0 Å². The van der Waals surface area contributed by atoms with Crippen LogP contribution in [0.4, 0.5) is 13.2 Å². The minimum atomic E-state index is -4.39. The molecule has 5 nitrogen and oxygen atoms in total. The number of aliphatic hydroxyl groups is 1. The van der Waals surface area contributed by atoms with Crippen molar-refractivity contribution >= 4 is 5.97 Å². The van der Waals surface area contributed by atoms with Crippen LogP contribution in [0.5, 0.6) is 0 Å². The number of carbonyl (C=O) groups excluding carboxylic acids is 1. The van der Waals surface area contributed by atoms with Crippen LogP contribution < -0.4 is 0 Å². The molecule has 0 aliphatic rings. The molecule has 0 aromatic carbocycles. The van der Waals surface area contributed by atoms with Gasteiger partial charge in [-0.1, -0.05) is 0 Å². The molecule has 8 heteroatoms. The van der Waals surface area contributed by atoms with Crippen LogP contribution in [-0.4, -0.2) is 49.0 Å². The number of hydrogen-bond acceptors (Lipinski definition) is 5. The zero-order chi connectivity index (χ0) is 15.3. The van der Waals surface area contributed by atoms with Crippen LogP contribution in [0.25, 0.3) is 0 Å². The van der Waals surface area contributed by atoms with Crippen molar-refractivity contribution in [2.45, 2.75) is 19.1 Å². The second-order valence-corrected chi connectivity index (χ2v) is 4.18. The topological polar surface area (TPSA) is 62.9 Å². The number of ether oxygens (including phenoxy) is 1. The van der Waals surface area contributed by atoms with Crippen molar-refractivity contribution in [2.24, 2.45) is 0 Å². The van der Waals surface area contributed by atoms with Crippen molar-refractivity contribution in [2.75, 3.05) is 26.8 Å². The molecule has 114 valence electrons. The summed E-state index contributed by atoms with van der Waals surface area (Å²) in [5.74, 6) is -0.582. The fourth-order valence-corrected chi connectivity index (χ4v) is 1.74. The monoisotopic (exact) mass is 295 g/mol. The van der Waals surface area contributed by atoms with Crippen LogP contribution in [-0.2, 0) is 4.74 Å². The van der Waals surface area contributed by atoms with Crippen LogP contribution in [0.3, 0.4) is 0 Å². The lowest BCUT2D eigenvalue weighted by Crippen LogP contribution is -2.37. The van der Waals surface area contributed by atoms with E-state index in [1.54, 1.807) is 0 Å². The highest BCUT2D eigenvalue weighted by Crippen LogP contribution is 2.26. The number of rotatable bonds is 6. The third-order valence-corrected chi connectivity index (χ3v) is 2.74. The summed E-state index contributed by atoms with van der Waals surface area (Å²) >= 11 is 0. The Morgan fingerprint density at radius 3 is 2.65 bits per heavy atom. The average molecular weight is 295 g/mol. The van der Waals surface area contributed by atoms with Crippen LogP contribution in [0.15, 0.2) is 16.5 Å². The van der Waals surface area contributed by atoms with Gasteiger partial charge in [-0.25, -0.2) is 4.79 Å². The van der Waals surface area contributed by atoms with Crippen molar-refractivity contribution in [1.29, 1.82) is 0 Å². The third-order valence-electron chi connectivity index (χ3n) is 2.74. The molecule has 0 saturated carbocycles. The second kappa shape index (κ2) is 6.76. The number of hydrogen-bond donors (Lipinski definition) is 1. The van der Waals surface area contributed by atoms with E-state index in [1.165, 1.54) is 26.2 Å². The Bertz CT molecular complexity index is 444. The highest BCUT2D eigenvalue weighted by atomic mass is 19.4. The number of aliphatic hydroxyl groups excluding tert-OH is 1. The van der Waals surface area contributed by atoms with E-state index < -0.39 is 31.3 Å². The number of alkyl halides is 3. The molecule has 0 fully saturated rings. The van der Waals surface area contributed by atoms with Crippen LogP contribution in [0.1, 0.15) is 29.3 Å². The molecule has 0 amide bonds. The van der Waals surface area contributed by atoms with Gasteiger partial charge in [-0.3, -0.25) is 4.90 Å². The van der Waals surface area contributed by atoms with Gasteiger partial charge in [0.2, 0.25) is 5.76 Å². The number of halogens is 3. The molecule has 0 aliphatic carbocycles. The second-order valence-electron chi connectivity index (χ2n) is 4.18. The number of nitrogens with zero attached hydrogens (tertiary/aromatic N) is 1. The number of methoxy groups -OCH3 is 1. The number of esters is 1. The Hall–Kier alpha value is -1.54. The Labute approximate surface area is 113 Å². The molecule has 0 spiro atoms. The summed E-state index contributed by atoms with van der Waals surface area (Å²) in [7, 11) is 1.18. The SMILES string of the molecule is COC(=O)c1ccc(C(C)N(CCO)CC(F)(F)F)o1. The zero-order valence-corrected chi connectivity index (χ0v) is 11.1. The lowest BCUT2D eigenvalue weighted by Gasteiger charge is -2.27. The molecule has 1 aromatic rings. The maximum absolute atomic E-state index is 12.5. The Balaban J connectivity index is 2.86. The van der Waals surface area contributed by atoms with Crippen LogP contribution >= 0.6 is 0 Å². The van der Waals surface area contributed by atoms with E-state index in [4.69, 9.17) is 9.52 Å². The smallest absolute Gasteiger partial charge is 0.401 e.